The standard InChI is InChI=1S/C14H15ClN4S/c1-3-10-11(7-16)14(19-18-12(10)4-2)17-8-9-5-6-13(15)20-9/h5-6H,3-4,8H2,1-2H3,(H,17,19). The van der Waals surface area contributed by atoms with E-state index in [1.165, 1.54) is 11.3 Å². The largest absolute Gasteiger partial charge is 0.363 e. The molecule has 0 atom stereocenters. The molecule has 0 fully saturated rings. The molecule has 2 aromatic heterocycles. The highest BCUT2D eigenvalue weighted by Crippen LogP contribution is 2.24. The zero-order chi connectivity index (χ0) is 14.5. The van der Waals surface area contributed by atoms with Gasteiger partial charge in [-0.2, -0.15) is 10.4 Å². The third kappa shape index (κ3) is 3.09. The summed E-state index contributed by atoms with van der Waals surface area (Å²) in [4.78, 5) is 1.10. The number of anilines is 1. The van der Waals surface area contributed by atoms with Crippen molar-refractivity contribution in [1.82, 2.24) is 10.2 Å². The summed E-state index contributed by atoms with van der Waals surface area (Å²) in [5.74, 6) is 0.547. The number of nitrogens with zero attached hydrogens (tertiary/aromatic N) is 3. The minimum absolute atomic E-state index is 0.547. The van der Waals surface area contributed by atoms with Crippen molar-refractivity contribution in [3.8, 4) is 6.07 Å². The maximum atomic E-state index is 9.38. The number of rotatable bonds is 5. The minimum atomic E-state index is 0.547. The van der Waals surface area contributed by atoms with Gasteiger partial charge in [0.05, 0.1) is 16.6 Å². The Hall–Kier alpha value is -1.64. The lowest BCUT2D eigenvalue weighted by Gasteiger charge is -2.11. The molecule has 0 unspecified atom stereocenters. The van der Waals surface area contributed by atoms with Crippen LogP contribution in [-0.2, 0) is 19.4 Å². The van der Waals surface area contributed by atoms with E-state index in [-0.39, 0.29) is 0 Å². The van der Waals surface area contributed by atoms with Gasteiger partial charge < -0.3 is 5.32 Å². The van der Waals surface area contributed by atoms with Crippen LogP contribution < -0.4 is 5.32 Å². The average molecular weight is 307 g/mol. The van der Waals surface area contributed by atoms with Crippen molar-refractivity contribution in [2.24, 2.45) is 0 Å². The third-order valence-electron chi connectivity index (χ3n) is 3.02. The van der Waals surface area contributed by atoms with E-state index in [4.69, 9.17) is 11.6 Å². The summed E-state index contributed by atoms with van der Waals surface area (Å²) >= 11 is 7.41. The molecule has 104 valence electrons. The summed E-state index contributed by atoms with van der Waals surface area (Å²) in [6, 6.07) is 6.06. The lowest BCUT2D eigenvalue weighted by molar-refractivity contribution is 0.870. The Kier molecular flexibility index (Phi) is 4.94. The zero-order valence-electron chi connectivity index (χ0n) is 11.4. The SMILES string of the molecule is CCc1nnc(NCc2ccc(Cl)s2)c(C#N)c1CC. The van der Waals surface area contributed by atoms with Gasteiger partial charge in [-0.25, -0.2) is 0 Å². The number of nitriles is 1. The quantitative estimate of drug-likeness (QED) is 0.912. The number of nitrogens with one attached hydrogen (secondary N) is 1. The molecule has 4 nitrogen and oxygen atoms in total. The smallest absolute Gasteiger partial charge is 0.167 e. The fraction of sp³-hybridized carbons (Fsp3) is 0.357. The van der Waals surface area contributed by atoms with E-state index in [0.29, 0.717) is 17.9 Å². The molecular formula is C14H15ClN4S. The van der Waals surface area contributed by atoms with E-state index in [9.17, 15) is 5.26 Å². The Bertz CT molecular complexity index is 645. The molecule has 0 aliphatic heterocycles. The van der Waals surface area contributed by atoms with Crippen molar-refractivity contribution < 1.29 is 0 Å². The predicted octanol–water partition coefficient (Wildman–Crippen LogP) is 3.80. The van der Waals surface area contributed by atoms with Crippen molar-refractivity contribution in [2.45, 2.75) is 33.2 Å². The molecule has 2 aromatic rings. The molecule has 0 amide bonds. The van der Waals surface area contributed by atoms with Crippen LogP contribution in [0.15, 0.2) is 12.1 Å². The van der Waals surface area contributed by atoms with Gasteiger partial charge in [-0.15, -0.1) is 16.4 Å². The summed E-state index contributed by atoms with van der Waals surface area (Å²) in [5.41, 5.74) is 2.48. The first-order chi connectivity index (χ1) is 9.69. The van der Waals surface area contributed by atoms with E-state index >= 15 is 0 Å². The molecular weight excluding hydrogens is 292 g/mol. The van der Waals surface area contributed by atoms with Crippen LogP contribution >= 0.6 is 22.9 Å². The van der Waals surface area contributed by atoms with Crippen LogP contribution in [-0.4, -0.2) is 10.2 Å². The fourth-order valence-electron chi connectivity index (χ4n) is 2.03. The average Bonchev–Trinajstić information content (AvgIpc) is 2.89. The van der Waals surface area contributed by atoms with Crippen LogP contribution in [0.25, 0.3) is 0 Å². The van der Waals surface area contributed by atoms with Crippen LogP contribution in [0.4, 0.5) is 5.82 Å². The lowest BCUT2D eigenvalue weighted by Crippen LogP contribution is -2.09. The zero-order valence-corrected chi connectivity index (χ0v) is 13.0. The maximum absolute atomic E-state index is 9.38. The second kappa shape index (κ2) is 6.69. The van der Waals surface area contributed by atoms with Gasteiger partial charge in [0.1, 0.15) is 11.6 Å². The number of halogens is 1. The number of aryl methyl sites for hydroxylation is 1. The molecule has 0 aliphatic carbocycles. The van der Waals surface area contributed by atoms with Crippen LogP contribution in [0.5, 0.6) is 0 Å². The fourth-order valence-corrected chi connectivity index (χ4v) is 3.06. The predicted molar refractivity (Wildman–Crippen MR) is 82.2 cm³/mol. The van der Waals surface area contributed by atoms with Gasteiger partial charge in [0.15, 0.2) is 5.82 Å². The van der Waals surface area contributed by atoms with E-state index in [1.54, 1.807) is 0 Å². The molecule has 20 heavy (non-hydrogen) atoms. The Labute approximate surface area is 127 Å². The molecule has 2 rings (SSSR count). The van der Waals surface area contributed by atoms with E-state index < -0.39 is 0 Å². The molecule has 6 heteroatoms. The number of hydrogen-bond acceptors (Lipinski definition) is 5. The van der Waals surface area contributed by atoms with Crippen LogP contribution in [0.2, 0.25) is 4.34 Å². The second-order valence-corrected chi connectivity index (χ2v) is 6.03. The van der Waals surface area contributed by atoms with Crippen molar-refractivity contribution in [3.05, 3.63) is 38.2 Å². The Morgan fingerprint density at radius 2 is 2.10 bits per heavy atom. The summed E-state index contributed by atoms with van der Waals surface area (Å²) < 4.78 is 0.754. The lowest BCUT2D eigenvalue weighted by atomic mass is 10.0. The number of thiophene rings is 1. The molecule has 0 saturated heterocycles. The number of hydrogen-bond donors (Lipinski definition) is 1. The van der Waals surface area contributed by atoms with E-state index in [1.807, 2.05) is 26.0 Å². The first-order valence-electron chi connectivity index (χ1n) is 6.46. The highest BCUT2D eigenvalue weighted by molar-refractivity contribution is 7.16. The van der Waals surface area contributed by atoms with Gasteiger partial charge in [-0.05, 0) is 30.5 Å². The van der Waals surface area contributed by atoms with Gasteiger partial charge >= 0.3 is 0 Å². The third-order valence-corrected chi connectivity index (χ3v) is 4.25. The Morgan fingerprint density at radius 3 is 2.65 bits per heavy atom. The molecule has 0 aliphatic rings. The Morgan fingerprint density at radius 1 is 1.30 bits per heavy atom. The van der Waals surface area contributed by atoms with Crippen molar-refractivity contribution >= 4 is 28.8 Å². The van der Waals surface area contributed by atoms with Gasteiger partial charge in [-0.1, -0.05) is 25.4 Å². The first kappa shape index (κ1) is 14.8. The molecule has 0 bridgehead atoms. The van der Waals surface area contributed by atoms with Crippen molar-refractivity contribution in [2.75, 3.05) is 5.32 Å². The van der Waals surface area contributed by atoms with Crippen LogP contribution in [0, 0.1) is 11.3 Å². The maximum Gasteiger partial charge on any atom is 0.167 e. The summed E-state index contributed by atoms with van der Waals surface area (Å²) in [6.45, 7) is 4.64. The molecule has 0 radical (unpaired) electrons. The molecule has 0 aromatic carbocycles. The van der Waals surface area contributed by atoms with E-state index in [0.717, 1.165) is 33.3 Å². The van der Waals surface area contributed by atoms with Crippen molar-refractivity contribution in [1.29, 1.82) is 5.26 Å². The summed E-state index contributed by atoms with van der Waals surface area (Å²) in [5, 5.41) is 20.9. The molecule has 0 saturated carbocycles. The van der Waals surface area contributed by atoms with E-state index in [2.05, 4.69) is 21.6 Å². The minimum Gasteiger partial charge on any atom is -0.363 e. The van der Waals surface area contributed by atoms with Crippen molar-refractivity contribution in [3.63, 3.8) is 0 Å². The highest BCUT2D eigenvalue weighted by Gasteiger charge is 2.14. The van der Waals surface area contributed by atoms with Gasteiger partial charge in [0.25, 0.3) is 0 Å². The second-order valence-electron chi connectivity index (χ2n) is 4.23. The highest BCUT2D eigenvalue weighted by atomic mass is 35.5. The molecule has 0 spiro atoms. The first-order valence-corrected chi connectivity index (χ1v) is 7.65. The monoisotopic (exact) mass is 306 g/mol. The van der Waals surface area contributed by atoms with Crippen LogP contribution in [0.3, 0.4) is 0 Å². The molecule has 1 N–H and O–H groups in total. The van der Waals surface area contributed by atoms with Gasteiger partial charge in [0, 0.05) is 4.88 Å². The van der Waals surface area contributed by atoms with Gasteiger partial charge in [-0.3, -0.25) is 0 Å². The molecule has 2 heterocycles. The Balaban J connectivity index is 2.25. The topological polar surface area (TPSA) is 61.6 Å². The summed E-state index contributed by atoms with van der Waals surface area (Å²) in [7, 11) is 0. The van der Waals surface area contributed by atoms with Gasteiger partial charge in [0.2, 0.25) is 0 Å². The normalized spacial score (nSPS) is 10.3. The summed E-state index contributed by atoms with van der Waals surface area (Å²) in [6.07, 6.45) is 1.56. The number of aromatic nitrogens is 2. The van der Waals surface area contributed by atoms with Crippen LogP contribution in [0.1, 0.15) is 35.5 Å².